The first-order valence-corrected chi connectivity index (χ1v) is 13.1. The highest BCUT2D eigenvalue weighted by Crippen LogP contribution is 2.38. The second-order valence-electron chi connectivity index (χ2n) is 8.27. The van der Waals surface area contributed by atoms with E-state index in [9.17, 15) is 9.59 Å². The number of aryl methyl sites for hydroxylation is 1. The molecule has 10 heteroatoms. The lowest BCUT2D eigenvalue weighted by molar-refractivity contribution is -0.122. The Kier molecular flexibility index (Phi) is 7.33. The minimum Gasteiger partial charge on any atom is -0.497 e. The molecule has 0 unspecified atom stereocenters. The summed E-state index contributed by atoms with van der Waals surface area (Å²) in [4.78, 5) is 28.9. The SMILES string of the molecule is COc1ccc(Sc2c(/C=C3\C(=O)NC(=S)N(c4ccc(Cl)cc4)C3=O)c(-c3ccccc3)nn2C)cc1. The van der Waals surface area contributed by atoms with Crippen molar-refractivity contribution in [3.05, 3.63) is 95.0 Å². The van der Waals surface area contributed by atoms with Crippen LogP contribution in [0.3, 0.4) is 0 Å². The number of hydrogen-bond acceptors (Lipinski definition) is 6. The number of carbonyl (C=O) groups excluding carboxylic acids is 2. The number of halogens is 1. The third-order valence-corrected chi connectivity index (χ3v) is 7.55. The number of nitrogens with zero attached hydrogens (tertiary/aromatic N) is 3. The van der Waals surface area contributed by atoms with Gasteiger partial charge in [-0.15, -0.1) is 0 Å². The molecule has 1 saturated heterocycles. The van der Waals surface area contributed by atoms with Gasteiger partial charge < -0.3 is 4.74 Å². The van der Waals surface area contributed by atoms with Crippen LogP contribution in [-0.4, -0.2) is 33.8 Å². The zero-order chi connectivity index (χ0) is 26.8. The molecule has 3 aromatic carbocycles. The van der Waals surface area contributed by atoms with Crippen LogP contribution in [0, 0.1) is 0 Å². The summed E-state index contributed by atoms with van der Waals surface area (Å²) in [6.07, 6.45) is 1.59. The summed E-state index contributed by atoms with van der Waals surface area (Å²) in [5.74, 6) is -0.368. The molecule has 0 saturated carbocycles. The van der Waals surface area contributed by atoms with Crippen LogP contribution in [0.4, 0.5) is 5.69 Å². The molecular formula is C28H21ClN4O3S2. The standard InChI is InChI=1S/C28H21ClN4O3S2/c1-32-27(38-21-14-12-20(36-2)13-15-21)22(24(31-32)17-6-4-3-5-7-17)16-23-25(34)30-28(37)33(26(23)35)19-10-8-18(29)9-11-19/h3-16H,1-2H3,(H,30,34,37)/b23-16+. The lowest BCUT2D eigenvalue weighted by Crippen LogP contribution is -2.54. The molecule has 1 aliphatic rings. The van der Waals surface area contributed by atoms with Crippen molar-refractivity contribution in [3.8, 4) is 17.0 Å². The first-order valence-electron chi connectivity index (χ1n) is 11.5. The Labute approximate surface area is 234 Å². The number of carbonyl (C=O) groups is 2. The third kappa shape index (κ3) is 5.08. The molecular weight excluding hydrogens is 540 g/mol. The lowest BCUT2D eigenvalue weighted by atomic mass is 10.0. The van der Waals surface area contributed by atoms with Crippen molar-refractivity contribution < 1.29 is 14.3 Å². The maximum atomic E-state index is 13.7. The summed E-state index contributed by atoms with van der Waals surface area (Å²) < 4.78 is 7.02. The number of hydrogen-bond donors (Lipinski definition) is 1. The Morgan fingerprint density at radius 3 is 2.34 bits per heavy atom. The third-order valence-electron chi connectivity index (χ3n) is 5.83. The topological polar surface area (TPSA) is 76.5 Å². The quantitative estimate of drug-likeness (QED) is 0.184. The van der Waals surface area contributed by atoms with Crippen molar-refractivity contribution in [1.29, 1.82) is 0 Å². The van der Waals surface area contributed by atoms with E-state index in [1.54, 1.807) is 42.1 Å². The smallest absolute Gasteiger partial charge is 0.270 e. The highest BCUT2D eigenvalue weighted by Gasteiger charge is 2.35. The first-order chi connectivity index (χ1) is 18.4. The Hall–Kier alpha value is -3.92. The van der Waals surface area contributed by atoms with E-state index in [2.05, 4.69) is 5.32 Å². The molecule has 1 aromatic heterocycles. The van der Waals surface area contributed by atoms with Gasteiger partial charge in [-0.1, -0.05) is 53.7 Å². The fourth-order valence-corrected chi connectivity index (χ4v) is 5.31. The molecule has 1 fully saturated rings. The summed E-state index contributed by atoms with van der Waals surface area (Å²) in [6.45, 7) is 0. The van der Waals surface area contributed by atoms with E-state index < -0.39 is 11.8 Å². The zero-order valence-electron chi connectivity index (χ0n) is 20.3. The molecule has 0 atom stereocenters. The molecule has 0 spiro atoms. The fraction of sp³-hybridized carbons (Fsp3) is 0.0714. The highest BCUT2D eigenvalue weighted by molar-refractivity contribution is 7.99. The first kappa shape index (κ1) is 25.7. The second kappa shape index (κ2) is 10.8. The number of nitrogens with one attached hydrogen (secondary N) is 1. The van der Waals surface area contributed by atoms with Crippen LogP contribution in [0.1, 0.15) is 5.56 Å². The zero-order valence-corrected chi connectivity index (χ0v) is 22.7. The van der Waals surface area contributed by atoms with Gasteiger partial charge in [0.1, 0.15) is 22.0 Å². The number of anilines is 1. The van der Waals surface area contributed by atoms with Crippen LogP contribution in [0.25, 0.3) is 17.3 Å². The van der Waals surface area contributed by atoms with Gasteiger partial charge >= 0.3 is 0 Å². The Morgan fingerprint density at radius 1 is 1.00 bits per heavy atom. The summed E-state index contributed by atoms with van der Waals surface area (Å²) in [5.41, 5.74) is 2.57. The molecule has 1 aliphatic heterocycles. The highest BCUT2D eigenvalue weighted by atomic mass is 35.5. The summed E-state index contributed by atoms with van der Waals surface area (Å²) >= 11 is 12.8. The normalized spacial score (nSPS) is 14.7. The van der Waals surface area contributed by atoms with E-state index >= 15 is 0 Å². The summed E-state index contributed by atoms with van der Waals surface area (Å²) in [7, 11) is 3.45. The molecule has 0 aliphatic carbocycles. The molecule has 2 heterocycles. The molecule has 38 heavy (non-hydrogen) atoms. The Morgan fingerprint density at radius 2 is 1.68 bits per heavy atom. The lowest BCUT2D eigenvalue weighted by Gasteiger charge is -2.29. The maximum Gasteiger partial charge on any atom is 0.270 e. The largest absolute Gasteiger partial charge is 0.497 e. The predicted octanol–water partition coefficient (Wildman–Crippen LogP) is 5.73. The molecule has 2 amide bonds. The van der Waals surface area contributed by atoms with Gasteiger partial charge in [-0.3, -0.25) is 24.5 Å². The van der Waals surface area contributed by atoms with Crippen molar-refractivity contribution in [3.63, 3.8) is 0 Å². The van der Waals surface area contributed by atoms with Crippen LogP contribution in [0.5, 0.6) is 5.75 Å². The molecule has 4 aromatic rings. The van der Waals surface area contributed by atoms with Crippen LogP contribution in [0.2, 0.25) is 5.02 Å². The van der Waals surface area contributed by atoms with Gasteiger partial charge in [0.05, 0.1) is 12.8 Å². The van der Waals surface area contributed by atoms with E-state index in [4.69, 9.17) is 33.7 Å². The summed E-state index contributed by atoms with van der Waals surface area (Å²) in [6, 6.07) is 23.9. The summed E-state index contributed by atoms with van der Waals surface area (Å²) in [5, 5.41) is 8.68. The maximum absolute atomic E-state index is 13.7. The van der Waals surface area contributed by atoms with Gasteiger partial charge in [-0.25, -0.2) is 0 Å². The number of benzene rings is 3. The van der Waals surface area contributed by atoms with E-state index in [0.29, 0.717) is 22.0 Å². The molecule has 0 radical (unpaired) electrons. The van der Waals surface area contributed by atoms with Crippen molar-refractivity contribution in [2.24, 2.45) is 7.05 Å². The van der Waals surface area contributed by atoms with Gasteiger partial charge in [0, 0.05) is 28.1 Å². The van der Waals surface area contributed by atoms with Crippen LogP contribution >= 0.6 is 35.6 Å². The van der Waals surface area contributed by atoms with Gasteiger partial charge in [-0.2, -0.15) is 5.10 Å². The average molecular weight is 561 g/mol. The van der Waals surface area contributed by atoms with Crippen molar-refractivity contribution in [1.82, 2.24) is 15.1 Å². The van der Waals surface area contributed by atoms with Crippen molar-refractivity contribution >= 4 is 64.3 Å². The van der Waals surface area contributed by atoms with Crippen molar-refractivity contribution in [2.75, 3.05) is 12.0 Å². The van der Waals surface area contributed by atoms with E-state index in [0.717, 1.165) is 21.2 Å². The molecule has 1 N–H and O–H groups in total. The number of aromatic nitrogens is 2. The van der Waals surface area contributed by atoms with Gasteiger partial charge in [0.2, 0.25) is 0 Å². The second-order valence-corrected chi connectivity index (χ2v) is 10.2. The average Bonchev–Trinajstić information content (AvgIpc) is 3.23. The van der Waals surface area contributed by atoms with Gasteiger partial charge in [0.15, 0.2) is 5.11 Å². The molecule has 5 rings (SSSR count). The number of amides is 2. The number of thiocarbonyl (C=S) groups is 1. The van der Waals surface area contributed by atoms with E-state index in [1.165, 1.54) is 16.7 Å². The molecule has 190 valence electrons. The monoisotopic (exact) mass is 560 g/mol. The van der Waals surface area contributed by atoms with Gasteiger partial charge in [0.25, 0.3) is 11.8 Å². The van der Waals surface area contributed by atoms with Crippen LogP contribution in [0.15, 0.2) is 94.4 Å². The van der Waals surface area contributed by atoms with Crippen LogP contribution in [-0.2, 0) is 16.6 Å². The fourth-order valence-electron chi connectivity index (χ4n) is 3.97. The Balaban J connectivity index is 1.63. The van der Waals surface area contributed by atoms with Crippen LogP contribution < -0.4 is 15.0 Å². The molecule has 7 nitrogen and oxygen atoms in total. The predicted molar refractivity (Wildman–Crippen MR) is 153 cm³/mol. The van der Waals surface area contributed by atoms with Gasteiger partial charge in [-0.05, 0) is 66.8 Å². The number of methoxy groups -OCH3 is 1. The number of rotatable bonds is 6. The molecule has 0 bridgehead atoms. The minimum atomic E-state index is -0.575. The van der Waals surface area contributed by atoms with E-state index in [1.807, 2.05) is 61.6 Å². The van der Waals surface area contributed by atoms with E-state index in [-0.39, 0.29) is 10.7 Å². The van der Waals surface area contributed by atoms with Crippen molar-refractivity contribution in [2.45, 2.75) is 9.92 Å². The number of ether oxygens (including phenoxy) is 1. The Bertz CT molecular complexity index is 1570. The minimum absolute atomic E-state index is 0.00164.